The lowest BCUT2D eigenvalue weighted by atomic mass is 9.95. The van der Waals surface area contributed by atoms with Gasteiger partial charge in [-0.1, -0.05) is 33.2 Å². The number of amides is 2. The summed E-state index contributed by atoms with van der Waals surface area (Å²) in [6.45, 7) is 3.66. The fourth-order valence-corrected chi connectivity index (χ4v) is 4.95. The van der Waals surface area contributed by atoms with Gasteiger partial charge in [0, 0.05) is 29.0 Å². The molecule has 3 heterocycles. The third-order valence-electron chi connectivity index (χ3n) is 6.70. The summed E-state index contributed by atoms with van der Waals surface area (Å²) in [5.74, 6) is 1.02. The highest BCUT2D eigenvalue weighted by atomic mass is 79.9. The number of hydrogen-bond donors (Lipinski definition) is 1. The molecule has 2 aromatic carbocycles. The highest BCUT2D eigenvalue weighted by Gasteiger charge is 2.28. The van der Waals surface area contributed by atoms with Crippen molar-refractivity contribution < 1.29 is 14.1 Å². The van der Waals surface area contributed by atoms with Crippen LogP contribution in [0.4, 0.5) is 5.69 Å². The maximum atomic E-state index is 13.0. The Bertz CT molecular complexity index is 1180. The predicted octanol–water partition coefficient (Wildman–Crippen LogP) is 4.59. The lowest BCUT2D eigenvalue weighted by molar-refractivity contribution is -0.121. The SMILES string of the molecule is O=C(Nc1ccccc1C(=O)N1CCCC1)C1CCN(Cc2nc(-c3ccc(Br)cc3)no2)CC1. The molecule has 8 nitrogen and oxygen atoms in total. The maximum Gasteiger partial charge on any atom is 0.255 e. The van der Waals surface area contributed by atoms with E-state index in [4.69, 9.17) is 4.52 Å². The summed E-state index contributed by atoms with van der Waals surface area (Å²) in [4.78, 5) is 34.5. The lowest BCUT2D eigenvalue weighted by Crippen LogP contribution is -2.38. The molecular weight excluding hydrogens is 510 g/mol. The number of para-hydroxylation sites is 1. The van der Waals surface area contributed by atoms with E-state index in [1.807, 2.05) is 47.4 Å². The lowest BCUT2D eigenvalue weighted by Gasteiger charge is -2.30. The van der Waals surface area contributed by atoms with Gasteiger partial charge in [-0.05, 0) is 75.2 Å². The number of carbonyl (C=O) groups excluding carboxylic acids is 2. The zero-order chi connectivity index (χ0) is 24.2. The third kappa shape index (κ3) is 5.62. The number of anilines is 1. The molecule has 1 N–H and O–H groups in total. The summed E-state index contributed by atoms with van der Waals surface area (Å²) >= 11 is 3.43. The molecule has 2 amide bonds. The van der Waals surface area contributed by atoms with Gasteiger partial charge < -0.3 is 14.7 Å². The number of nitrogens with zero attached hydrogens (tertiary/aromatic N) is 4. The Balaban J connectivity index is 1.15. The number of carbonyl (C=O) groups is 2. The number of likely N-dealkylation sites (tertiary alicyclic amines) is 2. The topological polar surface area (TPSA) is 91.6 Å². The fraction of sp³-hybridized carbons (Fsp3) is 0.385. The maximum absolute atomic E-state index is 13.0. The standard InChI is InChI=1S/C26H28BrN5O3/c27-20-9-7-18(8-10-20)24-29-23(35-30-24)17-31-15-11-19(12-16-31)25(33)28-22-6-2-1-5-21(22)26(34)32-13-3-4-14-32/h1-2,5-10,19H,3-4,11-17H2,(H,28,33). The Morgan fingerprint density at radius 3 is 2.46 bits per heavy atom. The Labute approximate surface area is 212 Å². The molecule has 0 unspecified atom stereocenters. The first-order chi connectivity index (χ1) is 17.1. The van der Waals surface area contributed by atoms with Crippen molar-refractivity contribution in [3.05, 3.63) is 64.5 Å². The molecule has 2 fully saturated rings. The average Bonchev–Trinajstić information content (AvgIpc) is 3.58. The van der Waals surface area contributed by atoms with Crippen LogP contribution < -0.4 is 5.32 Å². The first-order valence-electron chi connectivity index (χ1n) is 12.1. The van der Waals surface area contributed by atoms with Crippen molar-refractivity contribution in [3.63, 3.8) is 0 Å². The van der Waals surface area contributed by atoms with E-state index in [0.717, 1.165) is 61.9 Å². The van der Waals surface area contributed by atoms with Crippen LogP contribution in [0.3, 0.4) is 0 Å². The normalized spacial score (nSPS) is 17.0. The Morgan fingerprint density at radius 1 is 1.00 bits per heavy atom. The van der Waals surface area contributed by atoms with Gasteiger partial charge in [-0.2, -0.15) is 4.98 Å². The van der Waals surface area contributed by atoms with Gasteiger partial charge in [-0.25, -0.2) is 0 Å². The van der Waals surface area contributed by atoms with Crippen molar-refractivity contribution in [3.8, 4) is 11.4 Å². The predicted molar refractivity (Wildman–Crippen MR) is 136 cm³/mol. The van der Waals surface area contributed by atoms with Crippen molar-refractivity contribution in [1.29, 1.82) is 0 Å². The van der Waals surface area contributed by atoms with E-state index in [1.165, 1.54) is 0 Å². The zero-order valence-corrected chi connectivity index (χ0v) is 21.0. The molecule has 2 aliphatic rings. The molecule has 3 aromatic rings. The highest BCUT2D eigenvalue weighted by molar-refractivity contribution is 9.10. The number of piperidine rings is 1. The Kier molecular flexibility index (Phi) is 7.24. The number of halogens is 1. The molecule has 2 saturated heterocycles. The van der Waals surface area contributed by atoms with Gasteiger partial charge in [-0.15, -0.1) is 0 Å². The van der Waals surface area contributed by atoms with Crippen LogP contribution in [0.2, 0.25) is 0 Å². The van der Waals surface area contributed by atoms with Gasteiger partial charge in [-0.3, -0.25) is 14.5 Å². The van der Waals surface area contributed by atoms with Crippen molar-refractivity contribution in [2.75, 3.05) is 31.5 Å². The molecule has 2 aliphatic heterocycles. The summed E-state index contributed by atoms with van der Waals surface area (Å²) in [6.07, 6.45) is 3.55. The summed E-state index contributed by atoms with van der Waals surface area (Å²) in [7, 11) is 0. The number of aromatic nitrogens is 2. The number of nitrogens with one attached hydrogen (secondary N) is 1. The van der Waals surface area contributed by atoms with E-state index >= 15 is 0 Å². The van der Waals surface area contributed by atoms with E-state index < -0.39 is 0 Å². The van der Waals surface area contributed by atoms with Crippen LogP contribution in [0.25, 0.3) is 11.4 Å². The first kappa shape index (κ1) is 23.7. The molecule has 0 atom stereocenters. The summed E-state index contributed by atoms with van der Waals surface area (Å²) in [5.41, 5.74) is 2.07. The summed E-state index contributed by atoms with van der Waals surface area (Å²) < 4.78 is 6.45. The smallest absolute Gasteiger partial charge is 0.255 e. The highest BCUT2D eigenvalue weighted by Crippen LogP contribution is 2.25. The van der Waals surface area contributed by atoms with Gasteiger partial charge in [0.2, 0.25) is 17.6 Å². The molecule has 182 valence electrons. The van der Waals surface area contributed by atoms with E-state index in [9.17, 15) is 9.59 Å². The van der Waals surface area contributed by atoms with E-state index in [-0.39, 0.29) is 17.7 Å². The van der Waals surface area contributed by atoms with E-state index in [1.54, 1.807) is 6.07 Å². The van der Waals surface area contributed by atoms with Crippen LogP contribution in [0, 0.1) is 5.92 Å². The summed E-state index contributed by atoms with van der Waals surface area (Å²) in [5, 5.41) is 7.12. The molecule has 0 spiro atoms. The van der Waals surface area contributed by atoms with Crippen LogP contribution in [0.1, 0.15) is 41.9 Å². The van der Waals surface area contributed by atoms with Crippen molar-refractivity contribution in [2.24, 2.45) is 5.92 Å². The zero-order valence-electron chi connectivity index (χ0n) is 19.5. The van der Waals surface area contributed by atoms with E-state index in [2.05, 4.69) is 36.3 Å². The minimum absolute atomic E-state index is 0.00437. The molecular formula is C26H28BrN5O3. The van der Waals surface area contributed by atoms with Crippen molar-refractivity contribution in [2.45, 2.75) is 32.2 Å². The molecule has 0 saturated carbocycles. The monoisotopic (exact) mass is 537 g/mol. The minimum Gasteiger partial charge on any atom is -0.339 e. The molecule has 0 radical (unpaired) electrons. The van der Waals surface area contributed by atoms with Gasteiger partial charge in [0.25, 0.3) is 5.91 Å². The second-order valence-electron chi connectivity index (χ2n) is 9.10. The van der Waals surface area contributed by atoms with Crippen molar-refractivity contribution >= 4 is 33.4 Å². The van der Waals surface area contributed by atoms with Crippen molar-refractivity contribution in [1.82, 2.24) is 19.9 Å². The number of rotatable bonds is 6. The quantitative estimate of drug-likeness (QED) is 0.494. The van der Waals surface area contributed by atoms with Crippen LogP contribution >= 0.6 is 15.9 Å². The second kappa shape index (κ2) is 10.7. The molecule has 35 heavy (non-hydrogen) atoms. The van der Waals surface area contributed by atoms with Gasteiger partial charge in [0.15, 0.2) is 0 Å². The van der Waals surface area contributed by atoms with Gasteiger partial charge in [0.05, 0.1) is 17.8 Å². The first-order valence-corrected chi connectivity index (χ1v) is 12.9. The van der Waals surface area contributed by atoms with Crippen LogP contribution in [0.15, 0.2) is 57.5 Å². The van der Waals surface area contributed by atoms with Gasteiger partial charge in [0.1, 0.15) is 0 Å². The Morgan fingerprint density at radius 2 is 1.71 bits per heavy atom. The fourth-order valence-electron chi connectivity index (χ4n) is 4.68. The number of hydrogen-bond acceptors (Lipinski definition) is 6. The third-order valence-corrected chi connectivity index (χ3v) is 7.23. The average molecular weight is 538 g/mol. The number of benzene rings is 2. The van der Waals surface area contributed by atoms with Crippen LogP contribution in [-0.2, 0) is 11.3 Å². The van der Waals surface area contributed by atoms with Crippen LogP contribution in [0.5, 0.6) is 0 Å². The minimum atomic E-state index is -0.0952. The molecule has 1 aromatic heterocycles. The molecule has 0 aliphatic carbocycles. The van der Waals surface area contributed by atoms with Crippen LogP contribution in [-0.4, -0.2) is 57.9 Å². The van der Waals surface area contributed by atoms with Gasteiger partial charge >= 0.3 is 0 Å². The molecule has 5 rings (SSSR count). The van der Waals surface area contributed by atoms with E-state index in [0.29, 0.717) is 29.5 Å². The Hall–Kier alpha value is -3.04. The second-order valence-corrected chi connectivity index (χ2v) is 10.0. The largest absolute Gasteiger partial charge is 0.339 e. The summed E-state index contributed by atoms with van der Waals surface area (Å²) in [6, 6.07) is 15.1. The molecule has 0 bridgehead atoms. The molecule has 9 heteroatoms.